The number of carbonyl (C=O) groups is 1. The molecule has 1 aliphatic rings. The van der Waals surface area contributed by atoms with E-state index in [9.17, 15) is 4.79 Å². The van der Waals surface area contributed by atoms with Gasteiger partial charge < -0.3 is 14.0 Å². The summed E-state index contributed by atoms with van der Waals surface area (Å²) >= 11 is 1.47. The number of nitrogens with zero attached hydrogens (tertiary/aromatic N) is 2. The second kappa shape index (κ2) is 5.79. The molecule has 2 aromatic carbocycles. The van der Waals surface area contributed by atoms with Gasteiger partial charge in [0.2, 0.25) is 6.79 Å². The van der Waals surface area contributed by atoms with Crippen molar-refractivity contribution >= 4 is 27.5 Å². The molecule has 0 saturated heterocycles. The fraction of sp³-hybridized carbons (Fsp3) is 0.222. The number of hydrogen-bond acceptors (Lipinski definition) is 4. The SMILES string of the molecule is Cc1ccc(CC(=O)N=c2sc3cc4c(cc3n2C)OCO4)cc1. The number of thiazole rings is 1. The van der Waals surface area contributed by atoms with E-state index in [0.717, 1.165) is 27.3 Å². The number of aryl methyl sites for hydroxylation is 2. The van der Waals surface area contributed by atoms with E-state index in [2.05, 4.69) is 4.99 Å². The Morgan fingerprint density at radius 2 is 1.92 bits per heavy atom. The predicted octanol–water partition coefficient (Wildman–Crippen LogP) is 2.95. The van der Waals surface area contributed by atoms with E-state index in [1.807, 2.05) is 54.9 Å². The highest BCUT2D eigenvalue weighted by molar-refractivity contribution is 7.16. The molecule has 0 spiro atoms. The summed E-state index contributed by atoms with van der Waals surface area (Å²) in [7, 11) is 1.90. The van der Waals surface area contributed by atoms with Crippen molar-refractivity contribution < 1.29 is 14.3 Å². The Morgan fingerprint density at radius 1 is 1.21 bits per heavy atom. The van der Waals surface area contributed by atoms with Crippen LogP contribution >= 0.6 is 11.3 Å². The zero-order valence-corrected chi connectivity index (χ0v) is 14.2. The van der Waals surface area contributed by atoms with Crippen LogP contribution in [0.4, 0.5) is 0 Å². The van der Waals surface area contributed by atoms with Crippen LogP contribution in [0.25, 0.3) is 10.2 Å². The molecule has 3 aromatic rings. The first-order chi connectivity index (χ1) is 11.6. The standard InChI is InChI=1S/C18H16N2O3S/c1-11-3-5-12(6-4-11)7-17(21)19-18-20(2)13-8-14-15(23-10-22-14)9-16(13)24-18/h3-6,8-9H,7,10H2,1-2H3. The van der Waals surface area contributed by atoms with Crippen molar-refractivity contribution in [2.24, 2.45) is 12.0 Å². The molecule has 0 unspecified atom stereocenters. The normalized spacial score (nSPS) is 13.7. The molecular weight excluding hydrogens is 324 g/mol. The number of aromatic nitrogens is 1. The van der Waals surface area contributed by atoms with Crippen molar-refractivity contribution in [2.45, 2.75) is 13.3 Å². The summed E-state index contributed by atoms with van der Waals surface area (Å²) in [4.78, 5) is 17.2. The third-order valence-electron chi connectivity index (χ3n) is 4.00. The summed E-state index contributed by atoms with van der Waals surface area (Å²) in [6, 6.07) is 11.8. The van der Waals surface area contributed by atoms with E-state index in [-0.39, 0.29) is 12.7 Å². The van der Waals surface area contributed by atoms with Crippen LogP contribution in [-0.4, -0.2) is 17.3 Å². The molecule has 0 radical (unpaired) electrons. The van der Waals surface area contributed by atoms with Crippen molar-refractivity contribution in [3.63, 3.8) is 0 Å². The maximum Gasteiger partial charge on any atom is 0.252 e. The largest absolute Gasteiger partial charge is 0.454 e. The van der Waals surface area contributed by atoms with Crippen LogP contribution in [0.3, 0.4) is 0 Å². The maximum atomic E-state index is 12.3. The summed E-state index contributed by atoms with van der Waals surface area (Å²) in [5, 5.41) is 0. The number of rotatable bonds is 2. The quantitative estimate of drug-likeness (QED) is 0.721. The Kier molecular flexibility index (Phi) is 3.61. The number of carbonyl (C=O) groups excluding carboxylic acids is 1. The van der Waals surface area contributed by atoms with E-state index in [0.29, 0.717) is 11.2 Å². The number of ether oxygens (including phenoxy) is 2. The first-order valence-electron chi connectivity index (χ1n) is 7.62. The summed E-state index contributed by atoms with van der Waals surface area (Å²) in [6.45, 7) is 2.28. The third-order valence-corrected chi connectivity index (χ3v) is 5.09. The molecule has 0 atom stereocenters. The van der Waals surface area contributed by atoms with Gasteiger partial charge in [-0.25, -0.2) is 0 Å². The summed E-state index contributed by atoms with van der Waals surface area (Å²) in [6.07, 6.45) is 0.303. The van der Waals surface area contributed by atoms with Crippen LogP contribution in [0.2, 0.25) is 0 Å². The average molecular weight is 340 g/mol. The maximum absolute atomic E-state index is 12.3. The second-order valence-electron chi connectivity index (χ2n) is 5.78. The molecule has 0 fully saturated rings. The summed E-state index contributed by atoms with van der Waals surface area (Å²) < 4.78 is 13.7. The van der Waals surface area contributed by atoms with Gasteiger partial charge in [-0.3, -0.25) is 4.79 Å². The zero-order chi connectivity index (χ0) is 16.7. The zero-order valence-electron chi connectivity index (χ0n) is 13.4. The number of fused-ring (bicyclic) bond motifs is 2. The molecule has 0 bridgehead atoms. The lowest BCUT2D eigenvalue weighted by Gasteiger charge is -1.99. The first kappa shape index (κ1) is 15.0. The van der Waals surface area contributed by atoms with Gasteiger partial charge in [0, 0.05) is 19.2 Å². The number of hydrogen-bond donors (Lipinski definition) is 0. The van der Waals surface area contributed by atoms with Crippen LogP contribution in [0, 0.1) is 6.92 Å². The van der Waals surface area contributed by atoms with Crippen molar-refractivity contribution in [1.29, 1.82) is 0 Å². The molecule has 1 amide bonds. The van der Waals surface area contributed by atoms with Gasteiger partial charge in [0.25, 0.3) is 5.91 Å². The van der Waals surface area contributed by atoms with Gasteiger partial charge in [0.05, 0.1) is 16.6 Å². The molecule has 0 aliphatic carbocycles. The lowest BCUT2D eigenvalue weighted by Crippen LogP contribution is -2.14. The molecule has 4 rings (SSSR count). The summed E-state index contributed by atoms with van der Waals surface area (Å²) in [5.41, 5.74) is 3.13. The Bertz CT molecular complexity index is 1000. The Morgan fingerprint density at radius 3 is 2.67 bits per heavy atom. The molecule has 24 heavy (non-hydrogen) atoms. The van der Waals surface area contributed by atoms with E-state index in [4.69, 9.17) is 9.47 Å². The lowest BCUT2D eigenvalue weighted by atomic mass is 10.1. The third kappa shape index (κ3) is 2.69. The van der Waals surface area contributed by atoms with Gasteiger partial charge >= 0.3 is 0 Å². The lowest BCUT2D eigenvalue weighted by molar-refractivity contribution is -0.117. The molecule has 122 valence electrons. The van der Waals surface area contributed by atoms with Crippen molar-refractivity contribution in [2.75, 3.05) is 6.79 Å². The highest BCUT2D eigenvalue weighted by atomic mass is 32.1. The Labute approximate surface area is 142 Å². The van der Waals surface area contributed by atoms with E-state index in [1.54, 1.807) is 0 Å². The van der Waals surface area contributed by atoms with Crippen LogP contribution in [0.1, 0.15) is 11.1 Å². The molecular formula is C18H16N2O3S. The van der Waals surface area contributed by atoms with Gasteiger partial charge in [-0.1, -0.05) is 41.2 Å². The van der Waals surface area contributed by atoms with Crippen LogP contribution in [-0.2, 0) is 18.3 Å². The smallest absolute Gasteiger partial charge is 0.252 e. The highest BCUT2D eigenvalue weighted by Crippen LogP contribution is 2.36. The fourth-order valence-electron chi connectivity index (χ4n) is 2.65. The number of amides is 1. The van der Waals surface area contributed by atoms with Gasteiger partial charge in [-0.15, -0.1) is 0 Å². The molecule has 1 aliphatic heterocycles. The van der Waals surface area contributed by atoms with Gasteiger partial charge in [-0.05, 0) is 12.5 Å². The Balaban J connectivity index is 1.67. The second-order valence-corrected chi connectivity index (χ2v) is 6.79. The minimum Gasteiger partial charge on any atom is -0.454 e. The van der Waals surface area contributed by atoms with E-state index in [1.165, 1.54) is 16.9 Å². The van der Waals surface area contributed by atoms with Crippen molar-refractivity contribution in [3.05, 3.63) is 52.3 Å². The van der Waals surface area contributed by atoms with Crippen molar-refractivity contribution in [3.8, 4) is 11.5 Å². The summed E-state index contributed by atoms with van der Waals surface area (Å²) in [5.74, 6) is 1.32. The van der Waals surface area contributed by atoms with Crippen LogP contribution < -0.4 is 14.3 Å². The molecule has 1 aromatic heterocycles. The van der Waals surface area contributed by atoms with Crippen LogP contribution in [0.5, 0.6) is 11.5 Å². The molecule has 0 N–H and O–H groups in total. The molecule has 6 heteroatoms. The topological polar surface area (TPSA) is 52.8 Å². The first-order valence-corrected chi connectivity index (χ1v) is 8.44. The fourth-order valence-corrected chi connectivity index (χ4v) is 3.70. The predicted molar refractivity (Wildman–Crippen MR) is 92.4 cm³/mol. The highest BCUT2D eigenvalue weighted by Gasteiger charge is 2.16. The van der Waals surface area contributed by atoms with E-state index >= 15 is 0 Å². The number of benzene rings is 2. The van der Waals surface area contributed by atoms with Gasteiger partial charge in [0.1, 0.15) is 0 Å². The van der Waals surface area contributed by atoms with Gasteiger partial charge in [0.15, 0.2) is 16.3 Å². The Hall–Kier alpha value is -2.60. The minimum atomic E-state index is -0.152. The van der Waals surface area contributed by atoms with Crippen LogP contribution in [0.15, 0.2) is 41.4 Å². The molecule has 2 heterocycles. The average Bonchev–Trinajstić information content (AvgIpc) is 3.13. The monoisotopic (exact) mass is 340 g/mol. The molecule has 0 saturated carbocycles. The van der Waals surface area contributed by atoms with Gasteiger partial charge in [-0.2, -0.15) is 4.99 Å². The molecule has 5 nitrogen and oxygen atoms in total. The van der Waals surface area contributed by atoms with Crippen molar-refractivity contribution in [1.82, 2.24) is 4.57 Å². The minimum absolute atomic E-state index is 0.152. The van der Waals surface area contributed by atoms with E-state index < -0.39 is 0 Å².